The molecule has 0 amide bonds. The van der Waals surface area contributed by atoms with E-state index >= 15 is 0 Å². The molecule has 4 nitrogen and oxygen atoms in total. The molecule has 84 valence electrons. The summed E-state index contributed by atoms with van der Waals surface area (Å²) in [5.74, 6) is 0.510. The van der Waals surface area contributed by atoms with E-state index in [4.69, 9.17) is 9.88 Å². The molecule has 2 N–H and O–H groups in total. The molecule has 0 aliphatic carbocycles. The largest absolute Gasteiger partial charge is 0.492 e. The zero-order chi connectivity index (χ0) is 11.5. The molecule has 15 heavy (non-hydrogen) atoms. The average molecular weight is 229 g/mol. The highest BCUT2D eigenvalue weighted by Crippen LogP contribution is 2.15. The van der Waals surface area contributed by atoms with Crippen LogP contribution in [-0.4, -0.2) is 20.8 Å². The molecule has 0 aliphatic rings. The minimum atomic E-state index is -3.44. The number of ether oxygens (including phenoxy) is 1. The van der Waals surface area contributed by atoms with Crippen LogP contribution in [0, 0.1) is 13.8 Å². The first-order valence-corrected chi connectivity index (χ1v) is 6.30. The molecule has 0 unspecified atom stereocenters. The number of nitrogens with two attached hydrogens (primary N) is 1. The Kier molecular flexibility index (Phi) is 3.71. The van der Waals surface area contributed by atoms with Crippen molar-refractivity contribution in [3.63, 3.8) is 0 Å². The average Bonchev–Trinajstić information content (AvgIpc) is 1.99. The van der Waals surface area contributed by atoms with E-state index in [2.05, 4.69) is 0 Å². The van der Waals surface area contributed by atoms with E-state index in [1.165, 1.54) is 0 Å². The number of sulfonamides is 1. The highest BCUT2D eigenvalue weighted by Gasteiger charge is 2.03. The predicted octanol–water partition coefficient (Wildman–Crippen LogP) is 0.971. The van der Waals surface area contributed by atoms with Crippen molar-refractivity contribution in [1.29, 1.82) is 0 Å². The van der Waals surface area contributed by atoms with Crippen LogP contribution in [0.5, 0.6) is 5.75 Å². The Labute approximate surface area is 90.1 Å². The summed E-state index contributed by atoms with van der Waals surface area (Å²) in [6.45, 7) is 4.00. The first-order chi connectivity index (χ1) is 6.87. The molecule has 5 heteroatoms. The van der Waals surface area contributed by atoms with Gasteiger partial charge < -0.3 is 4.74 Å². The van der Waals surface area contributed by atoms with Gasteiger partial charge in [0.05, 0.1) is 5.75 Å². The van der Waals surface area contributed by atoms with Gasteiger partial charge >= 0.3 is 0 Å². The van der Waals surface area contributed by atoms with Crippen molar-refractivity contribution in [3.8, 4) is 5.75 Å². The topological polar surface area (TPSA) is 69.4 Å². The molecule has 0 spiro atoms. The summed E-state index contributed by atoms with van der Waals surface area (Å²) in [6.07, 6.45) is 0. The van der Waals surface area contributed by atoms with Crippen LogP contribution in [-0.2, 0) is 10.0 Å². The fourth-order valence-electron chi connectivity index (χ4n) is 1.29. The van der Waals surface area contributed by atoms with Gasteiger partial charge in [0.25, 0.3) is 0 Å². The van der Waals surface area contributed by atoms with Crippen molar-refractivity contribution in [2.24, 2.45) is 5.14 Å². The molecule has 0 radical (unpaired) electrons. The Morgan fingerprint density at radius 1 is 1.20 bits per heavy atom. The Balaban J connectivity index is 2.58. The molecular formula is C10H15NO3S. The Bertz CT molecular complexity index is 420. The number of hydrogen-bond donors (Lipinski definition) is 1. The quantitative estimate of drug-likeness (QED) is 0.836. The lowest BCUT2D eigenvalue weighted by Gasteiger charge is -2.07. The van der Waals surface area contributed by atoms with Crippen LogP contribution in [0.25, 0.3) is 0 Å². The number of aryl methyl sites for hydroxylation is 2. The van der Waals surface area contributed by atoms with Crippen LogP contribution in [0.15, 0.2) is 18.2 Å². The number of rotatable bonds is 4. The lowest BCUT2D eigenvalue weighted by Crippen LogP contribution is -2.21. The van der Waals surface area contributed by atoms with Gasteiger partial charge in [-0.1, -0.05) is 6.07 Å². The first-order valence-electron chi connectivity index (χ1n) is 4.58. The van der Waals surface area contributed by atoms with E-state index in [1.54, 1.807) is 0 Å². The zero-order valence-corrected chi connectivity index (χ0v) is 9.67. The van der Waals surface area contributed by atoms with Crippen LogP contribution < -0.4 is 9.88 Å². The fraction of sp³-hybridized carbons (Fsp3) is 0.400. The Morgan fingerprint density at radius 3 is 2.20 bits per heavy atom. The van der Waals surface area contributed by atoms with Crippen LogP contribution in [0.2, 0.25) is 0 Å². The van der Waals surface area contributed by atoms with Crippen LogP contribution >= 0.6 is 0 Å². The molecular weight excluding hydrogens is 214 g/mol. The lowest BCUT2D eigenvalue weighted by atomic mass is 10.1. The van der Waals surface area contributed by atoms with Crippen LogP contribution in [0.4, 0.5) is 0 Å². The summed E-state index contributed by atoms with van der Waals surface area (Å²) >= 11 is 0. The van der Waals surface area contributed by atoms with Crippen molar-refractivity contribution in [2.75, 3.05) is 12.4 Å². The second kappa shape index (κ2) is 4.63. The van der Waals surface area contributed by atoms with Gasteiger partial charge in [-0.3, -0.25) is 0 Å². The molecule has 0 saturated carbocycles. The molecule has 1 aromatic carbocycles. The zero-order valence-electron chi connectivity index (χ0n) is 8.86. The normalized spacial score (nSPS) is 11.4. The van der Waals surface area contributed by atoms with E-state index in [-0.39, 0.29) is 12.4 Å². The maximum atomic E-state index is 10.7. The summed E-state index contributed by atoms with van der Waals surface area (Å²) in [5, 5.41) is 4.85. The maximum Gasteiger partial charge on any atom is 0.212 e. The van der Waals surface area contributed by atoms with Gasteiger partial charge in [-0.15, -0.1) is 0 Å². The Morgan fingerprint density at radius 2 is 1.73 bits per heavy atom. The molecule has 1 aromatic rings. The van der Waals surface area contributed by atoms with Crippen molar-refractivity contribution in [3.05, 3.63) is 29.3 Å². The molecule has 0 aliphatic heterocycles. The second-order valence-corrected chi connectivity index (χ2v) is 5.27. The number of hydrogen-bond acceptors (Lipinski definition) is 3. The van der Waals surface area contributed by atoms with Gasteiger partial charge in [0, 0.05) is 0 Å². The van der Waals surface area contributed by atoms with Crippen molar-refractivity contribution in [2.45, 2.75) is 13.8 Å². The first kappa shape index (κ1) is 12.0. The van der Waals surface area contributed by atoms with Crippen molar-refractivity contribution >= 4 is 10.0 Å². The SMILES string of the molecule is Cc1cc(C)cc(OCCS(N)(=O)=O)c1. The lowest BCUT2D eigenvalue weighted by molar-refractivity contribution is 0.340. The monoisotopic (exact) mass is 229 g/mol. The van der Waals surface area contributed by atoms with Crippen LogP contribution in [0.3, 0.4) is 0 Å². The molecule has 0 aromatic heterocycles. The van der Waals surface area contributed by atoms with E-state index in [1.807, 2.05) is 32.0 Å². The minimum absolute atomic E-state index is 0.0850. The van der Waals surface area contributed by atoms with Crippen molar-refractivity contribution in [1.82, 2.24) is 0 Å². The van der Waals surface area contributed by atoms with Crippen LogP contribution in [0.1, 0.15) is 11.1 Å². The summed E-state index contributed by atoms with van der Waals surface area (Å²) in [5.41, 5.74) is 2.17. The smallest absolute Gasteiger partial charge is 0.212 e. The Hall–Kier alpha value is -1.07. The molecule has 0 bridgehead atoms. The number of primary sulfonamides is 1. The third kappa shape index (κ3) is 4.80. The molecule has 0 heterocycles. The third-order valence-electron chi connectivity index (χ3n) is 1.83. The second-order valence-electron chi connectivity index (χ2n) is 3.54. The van der Waals surface area contributed by atoms with Gasteiger partial charge in [-0.2, -0.15) is 0 Å². The van der Waals surface area contributed by atoms with Crippen molar-refractivity contribution < 1.29 is 13.2 Å². The third-order valence-corrected chi connectivity index (χ3v) is 2.57. The van der Waals surface area contributed by atoms with E-state index in [0.29, 0.717) is 5.75 Å². The summed E-state index contributed by atoms with van der Waals surface area (Å²) in [7, 11) is -3.44. The molecule has 0 atom stereocenters. The molecule has 1 rings (SSSR count). The van der Waals surface area contributed by atoms with Gasteiger partial charge in [0.15, 0.2) is 0 Å². The summed E-state index contributed by atoms with van der Waals surface area (Å²) in [6, 6.07) is 5.73. The van der Waals surface area contributed by atoms with E-state index in [9.17, 15) is 8.42 Å². The minimum Gasteiger partial charge on any atom is -0.492 e. The summed E-state index contributed by atoms with van der Waals surface area (Å²) < 4.78 is 26.6. The summed E-state index contributed by atoms with van der Waals surface area (Å²) in [4.78, 5) is 0. The van der Waals surface area contributed by atoms with E-state index in [0.717, 1.165) is 11.1 Å². The molecule has 0 fully saturated rings. The van der Waals surface area contributed by atoms with Gasteiger partial charge in [0.1, 0.15) is 12.4 Å². The highest BCUT2D eigenvalue weighted by atomic mass is 32.2. The number of benzene rings is 1. The molecule has 0 saturated heterocycles. The maximum absolute atomic E-state index is 10.7. The highest BCUT2D eigenvalue weighted by molar-refractivity contribution is 7.89. The standard InChI is InChI=1S/C10H15NO3S/c1-8-5-9(2)7-10(6-8)14-3-4-15(11,12)13/h5-7H,3-4H2,1-2H3,(H2,11,12,13). The van der Waals surface area contributed by atoms with E-state index < -0.39 is 10.0 Å². The predicted molar refractivity (Wildman–Crippen MR) is 59.4 cm³/mol. The van der Waals surface area contributed by atoms with Gasteiger partial charge in [-0.05, 0) is 37.1 Å². The fourth-order valence-corrected chi connectivity index (χ4v) is 1.61. The van der Waals surface area contributed by atoms with Gasteiger partial charge in [-0.25, -0.2) is 13.6 Å². The van der Waals surface area contributed by atoms with Gasteiger partial charge in [0.2, 0.25) is 10.0 Å².